The first-order chi connectivity index (χ1) is 9.33. The lowest BCUT2D eigenvalue weighted by Gasteiger charge is -2.33. The zero-order valence-electron chi connectivity index (χ0n) is 11.4. The third kappa shape index (κ3) is 2.69. The van der Waals surface area contributed by atoms with Crippen LogP contribution in [-0.4, -0.2) is 30.4 Å². The number of benzene rings is 1. The van der Waals surface area contributed by atoms with Crippen molar-refractivity contribution in [1.29, 1.82) is 0 Å². The molecule has 1 heterocycles. The molecule has 0 saturated heterocycles. The van der Waals surface area contributed by atoms with Gasteiger partial charge < -0.3 is 15.2 Å². The van der Waals surface area contributed by atoms with Crippen LogP contribution in [0.2, 0.25) is 0 Å². The van der Waals surface area contributed by atoms with Crippen molar-refractivity contribution in [2.24, 2.45) is 0 Å². The van der Waals surface area contributed by atoms with Gasteiger partial charge >= 0.3 is 0 Å². The fourth-order valence-electron chi connectivity index (χ4n) is 3.40. The maximum Gasteiger partial charge on any atom is 0.0952 e. The quantitative estimate of drug-likeness (QED) is 0.873. The van der Waals surface area contributed by atoms with Gasteiger partial charge in [0.25, 0.3) is 0 Å². The van der Waals surface area contributed by atoms with E-state index in [1.165, 1.54) is 24.0 Å². The van der Waals surface area contributed by atoms with Gasteiger partial charge in [0.2, 0.25) is 0 Å². The van der Waals surface area contributed by atoms with Crippen LogP contribution >= 0.6 is 0 Å². The molecule has 3 nitrogen and oxygen atoms in total. The minimum absolute atomic E-state index is 0.0598. The summed E-state index contributed by atoms with van der Waals surface area (Å²) in [5.74, 6) is 0. The lowest BCUT2D eigenvalue weighted by molar-refractivity contribution is 0.0321. The van der Waals surface area contributed by atoms with Crippen molar-refractivity contribution in [2.75, 3.05) is 19.8 Å². The van der Waals surface area contributed by atoms with Gasteiger partial charge in [0.15, 0.2) is 0 Å². The van der Waals surface area contributed by atoms with E-state index in [0.717, 1.165) is 32.4 Å². The van der Waals surface area contributed by atoms with Crippen LogP contribution in [0.3, 0.4) is 0 Å². The number of ether oxygens (including phenoxy) is 1. The predicted molar refractivity (Wildman–Crippen MR) is 75.1 cm³/mol. The number of rotatable bonds is 4. The van der Waals surface area contributed by atoms with Crippen LogP contribution in [0.5, 0.6) is 0 Å². The van der Waals surface area contributed by atoms with Crippen LogP contribution in [-0.2, 0) is 11.2 Å². The van der Waals surface area contributed by atoms with Crippen LogP contribution in [0.15, 0.2) is 24.3 Å². The number of nitrogens with one attached hydrogen (secondary N) is 1. The Morgan fingerprint density at radius 2 is 2.05 bits per heavy atom. The van der Waals surface area contributed by atoms with Crippen LogP contribution < -0.4 is 5.32 Å². The Bertz CT molecular complexity index is 427. The number of hydrogen-bond donors (Lipinski definition) is 2. The van der Waals surface area contributed by atoms with Crippen molar-refractivity contribution < 1.29 is 9.84 Å². The SMILES string of the molecule is OCC1(NCC2OCCc3ccccc32)CCCC1. The fraction of sp³-hybridized carbons (Fsp3) is 0.625. The Morgan fingerprint density at radius 3 is 2.84 bits per heavy atom. The molecule has 1 fully saturated rings. The molecule has 19 heavy (non-hydrogen) atoms. The van der Waals surface area contributed by atoms with E-state index in [1.54, 1.807) is 0 Å². The van der Waals surface area contributed by atoms with Crippen molar-refractivity contribution >= 4 is 0 Å². The molecule has 2 aliphatic rings. The van der Waals surface area contributed by atoms with E-state index in [-0.39, 0.29) is 18.2 Å². The molecule has 1 aromatic rings. The molecular weight excluding hydrogens is 238 g/mol. The summed E-state index contributed by atoms with van der Waals surface area (Å²) in [6.45, 7) is 1.84. The zero-order valence-corrected chi connectivity index (χ0v) is 11.4. The molecular formula is C16H23NO2. The highest BCUT2D eigenvalue weighted by molar-refractivity contribution is 5.31. The summed E-state index contributed by atoms with van der Waals surface area (Å²) in [5, 5.41) is 13.2. The van der Waals surface area contributed by atoms with Gasteiger partial charge in [0, 0.05) is 12.1 Å². The predicted octanol–water partition coefficient (Wildman–Crippen LogP) is 2.20. The van der Waals surface area contributed by atoms with E-state index < -0.39 is 0 Å². The minimum Gasteiger partial charge on any atom is -0.394 e. The van der Waals surface area contributed by atoms with E-state index in [4.69, 9.17) is 4.74 Å². The third-order valence-corrected chi connectivity index (χ3v) is 4.62. The van der Waals surface area contributed by atoms with Crippen molar-refractivity contribution in [3.05, 3.63) is 35.4 Å². The smallest absolute Gasteiger partial charge is 0.0952 e. The van der Waals surface area contributed by atoms with Crippen LogP contribution in [0.25, 0.3) is 0 Å². The Labute approximate surface area is 115 Å². The highest BCUT2D eigenvalue weighted by atomic mass is 16.5. The minimum atomic E-state index is -0.0598. The summed E-state index contributed by atoms with van der Waals surface area (Å²) in [6, 6.07) is 8.54. The molecule has 1 unspecified atom stereocenters. The topological polar surface area (TPSA) is 41.5 Å². The summed E-state index contributed by atoms with van der Waals surface area (Å²) in [7, 11) is 0. The highest BCUT2D eigenvalue weighted by Gasteiger charge is 2.34. The highest BCUT2D eigenvalue weighted by Crippen LogP contribution is 2.31. The summed E-state index contributed by atoms with van der Waals surface area (Å²) in [4.78, 5) is 0. The average Bonchev–Trinajstić information content (AvgIpc) is 2.94. The first kappa shape index (κ1) is 13.1. The maximum absolute atomic E-state index is 9.64. The Kier molecular flexibility index (Phi) is 3.87. The van der Waals surface area contributed by atoms with Crippen molar-refractivity contribution in [2.45, 2.75) is 43.7 Å². The molecule has 2 N–H and O–H groups in total. The molecule has 0 spiro atoms. The maximum atomic E-state index is 9.64. The van der Waals surface area contributed by atoms with Crippen molar-refractivity contribution in [3.8, 4) is 0 Å². The standard InChI is InChI=1S/C16H23NO2/c18-12-16(8-3-4-9-16)17-11-15-14-6-2-1-5-13(14)7-10-19-15/h1-2,5-6,15,17-18H,3-4,7-12H2. The molecule has 104 valence electrons. The Morgan fingerprint density at radius 1 is 1.26 bits per heavy atom. The third-order valence-electron chi connectivity index (χ3n) is 4.62. The average molecular weight is 261 g/mol. The van der Waals surface area contributed by atoms with Gasteiger partial charge in [-0.05, 0) is 30.4 Å². The number of hydrogen-bond acceptors (Lipinski definition) is 3. The van der Waals surface area contributed by atoms with Gasteiger partial charge in [-0.15, -0.1) is 0 Å². The van der Waals surface area contributed by atoms with E-state index in [0.29, 0.717) is 0 Å². The normalized spacial score (nSPS) is 25.2. The molecule has 1 aromatic carbocycles. The Balaban J connectivity index is 1.68. The lowest BCUT2D eigenvalue weighted by atomic mass is 9.95. The number of aliphatic hydroxyl groups is 1. The van der Waals surface area contributed by atoms with Gasteiger partial charge in [-0.25, -0.2) is 0 Å². The lowest BCUT2D eigenvalue weighted by Crippen LogP contribution is -2.48. The van der Waals surface area contributed by atoms with E-state index in [1.807, 2.05) is 0 Å². The first-order valence-corrected chi connectivity index (χ1v) is 7.38. The van der Waals surface area contributed by atoms with Gasteiger partial charge in [-0.2, -0.15) is 0 Å². The van der Waals surface area contributed by atoms with E-state index >= 15 is 0 Å². The zero-order chi connectivity index (χ0) is 13.1. The monoisotopic (exact) mass is 261 g/mol. The molecule has 0 bridgehead atoms. The molecule has 1 aliphatic carbocycles. The Hall–Kier alpha value is -0.900. The molecule has 1 atom stereocenters. The van der Waals surface area contributed by atoms with Gasteiger partial charge in [0.1, 0.15) is 0 Å². The molecule has 0 aromatic heterocycles. The first-order valence-electron chi connectivity index (χ1n) is 7.38. The molecule has 1 aliphatic heterocycles. The summed E-state index contributed by atoms with van der Waals surface area (Å²) in [5.41, 5.74) is 2.66. The second-order valence-corrected chi connectivity index (χ2v) is 5.83. The van der Waals surface area contributed by atoms with Crippen LogP contribution in [0.1, 0.15) is 42.9 Å². The van der Waals surface area contributed by atoms with Crippen molar-refractivity contribution in [1.82, 2.24) is 5.32 Å². The summed E-state index contributed by atoms with van der Waals surface area (Å²) >= 11 is 0. The number of fused-ring (bicyclic) bond motifs is 1. The second-order valence-electron chi connectivity index (χ2n) is 5.83. The van der Waals surface area contributed by atoms with E-state index in [2.05, 4.69) is 29.6 Å². The molecule has 3 rings (SSSR count). The molecule has 0 radical (unpaired) electrons. The fourth-order valence-corrected chi connectivity index (χ4v) is 3.40. The number of aliphatic hydroxyl groups excluding tert-OH is 1. The second kappa shape index (κ2) is 5.61. The van der Waals surface area contributed by atoms with Crippen molar-refractivity contribution in [3.63, 3.8) is 0 Å². The molecule has 1 saturated carbocycles. The van der Waals surface area contributed by atoms with Gasteiger partial charge in [-0.1, -0.05) is 37.1 Å². The molecule has 0 amide bonds. The molecule has 3 heteroatoms. The largest absolute Gasteiger partial charge is 0.394 e. The summed E-state index contributed by atoms with van der Waals surface area (Å²) < 4.78 is 5.91. The van der Waals surface area contributed by atoms with Crippen LogP contribution in [0.4, 0.5) is 0 Å². The van der Waals surface area contributed by atoms with E-state index in [9.17, 15) is 5.11 Å². The van der Waals surface area contributed by atoms with Gasteiger partial charge in [-0.3, -0.25) is 0 Å². The van der Waals surface area contributed by atoms with Gasteiger partial charge in [0.05, 0.1) is 19.3 Å². The van der Waals surface area contributed by atoms with Crippen LogP contribution in [0, 0.1) is 0 Å². The summed E-state index contributed by atoms with van der Waals surface area (Å²) in [6.07, 6.45) is 5.74.